The van der Waals surface area contributed by atoms with E-state index in [2.05, 4.69) is 5.10 Å². The lowest BCUT2D eigenvalue weighted by Crippen LogP contribution is -2.11. The number of halogens is 1. The summed E-state index contributed by atoms with van der Waals surface area (Å²) in [5.74, 6) is -0.00616. The van der Waals surface area contributed by atoms with Gasteiger partial charge in [-0.3, -0.25) is 0 Å². The second-order valence-corrected chi connectivity index (χ2v) is 4.23. The lowest BCUT2D eigenvalue weighted by atomic mass is 10.2. The van der Waals surface area contributed by atoms with Gasteiger partial charge in [0.2, 0.25) is 5.88 Å². The van der Waals surface area contributed by atoms with Crippen molar-refractivity contribution in [3.8, 4) is 11.6 Å². The van der Waals surface area contributed by atoms with Gasteiger partial charge >= 0.3 is 0 Å². The SMILES string of the molecule is Cc1nn(C)c(Oc2ccccc2F)c1C(N)=S. The first-order valence-electron chi connectivity index (χ1n) is 5.26. The normalized spacial score (nSPS) is 10.4. The molecule has 2 N–H and O–H groups in total. The molecule has 1 heterocycles. The third kappa shape index (κ3) is 2.19. The monoisotopic (exact) mass is 265 g/mol. The number of hydrogen-bond donors (Lipinski definition) is 1. The summed E-state index contributed by atoms with van der Waals surface area (Å²) in [6, 6.07) is 6.12. The zero-order chi connectivity index (χ0) is 13.3. The molecule has 0 bridgehead atoms. The molecule has 0 saturated carbocycles. The molecule has 0 fully saturated rings. The van der Waals surface area contributed by atoms with Crippen LogP contribution in [0.15, 0.2) is 24.3 Å². The number of nitrogens with two attached hydrogens (primary N) is 1. The first kappa shape index (κ1) is 12.5. The van der Waals surface area contributed by atoms with Crippen molar-refractivity contribution in [2.24, 2.45) is 12.8 Å². The topological polar surface area (TPSA) is 53.1 Å². The Kier molecular flexibility index (Phi) is 3.29. The van der Waals surface area contributed by atoms with E-state index in [4.69, 9.17) is 22.7 Å². The molecule has 0 amide bonds. The first-order valence-corrected chi connectivity index (χ1v) is 5.67. The summed E-state index contributed by atoms with van der Waals surface area (Å²) in [5.41, 5.74) is 6.80. The van der Waals surface area contributed by atoms with Crippen molar-refractivity contribution in [3.05, 3.63) is 41.3 Å². The minimum absolute atomic E-state index is 0.109. The average Bonchev–Trinajstić information content (AvgIpc) is 2.57. The number of benzene rings is 1. The van der Waals surface area contributed by atoms with Gasteiger partial charge in [0.05, 0.1) is 11.3 Å². The van der Waals surface area contributed by atoms with Gasteiger partial charge in [-0.05, 0) is 19.1 Å². The smallest absolute Gasteiger partial charge is 0.228 e. The van der Waals surface area contributed by atoms with Crippen molar-refractivity contribution < 1.29 is 9.13 Å². The van der Waals surface area contributed by atoms with Gasteiger partial charge in [0, 0.05) is 7.05 Å². The Morgan fingerprint density at radius 3 is 2.72 bits per heavy atom. The molecule has 0 aliphatic carbocycles. The summed E-state index contributed by atoms with van der Waals surface area (Å²) < 4.78 is 20.5. The summed E-state index contributed by atoms with van der Waals surface area (Å²) in [6.45, 7) is 1.77. The van der Waals surface area contributed by atoms with Gasteiger partial charge in [-0.2, -0.15) is 5.10 Å². The van der Waals surface area contributed by atoms with Crippen LogP contribution >= 0.6 is 12.2 Å². The van der Waals surface area contributed by atoms with Crippen LogP contribution in [0.2, 0.25) is 0 Å². The van der Waals surface area contributed by atoms with Gasteiger partial charge in [-0.1, -0.05) is 24.4 Å². The number of nitrogens with zero attached hydrogens (tertiary/aromatic N) is 2. The largest absolute Gasteiger partial charge is 0.435 e. The van der Waals surface area contributed by atoms with Crippen molar-refractivity contribution in [2.75, 3.05) is 0 Å². The van der Waals surface area contributed by atoms with E-state index in [1.165, 1.54) is 16.8 Å². The van der Waals surface area contributed by atoms with Crippen molar-refractivity contribution in [1.29, 1.82) is 0 Å². The van der Waals surface area contributed by atoms with E-state index < -0.39 is 5.82 Å². The molecule has 2 rings (SSSR count). The fourth-order valence-electron chi connectivity index (χ4n) is 1.67. The standard InChI is InChI=1S/C12H12FN3OS/c1-7-10(11(14)18)12(16(2)15-7)17-9-6-4-3-5-8(9)13/h3-6H,1-2H3,(H2,14,18). The van der Waals surface area contributed by atoms with Crippen LogP contribution in [0, 0.1) is 12.7 Å². The summed E-state index contributed by atoms with van der Waals surface area (Å²) in [5, 5.41) is 4.16. The van der Waals surface area contributed by atoms with E-state index in [0.717, 1.165) is 0 Å². The van der Waals surface area contributed by atoms with Crippen LogP contribution in [0.25, 0.3) is 0 Å². The molecule has 94 valence electrons. The second kappa shape index (κ2) is 4.73. The maximum atomic E-state index is 13.5. The van der Waals surface area contributed by atoms with E-state index in [-0.39, 0.29) is 10.7 Å². The lowest BCUT2D eigenvalue weighted by Gasteiger charge is -2.08. The Labute approximate surface area is 109 Å². The molecule has 0 aliphatic heterocycles. The summed E-state index contributed by atoms with van der Waals surface area (Å²) in [4.78, 5) is 0.173. The van der Waals surface area contributed by atoms with Crippen molar-refractivity contribution >= 4 is 17.2 Å². The minimum Gasteiger partial charge on any atom is -0.435 e. The lowest BCUT2D eigenvalue weighted by molar-refractivity contribution is 0.403. The van der Waals surface area contributed by atoms with E-state index in [1.807, 2.05) is 0 Å². The summed E-state index contributed by atoms with van der Waals surface area (Å²) in [7, 11) is 1.69. The Balaban J connectivity index is 2.47. The zero-order valence-corrected chi connectivity index (χ0v) is 10.8. The van der Waals surface area contributed by atoms with Gasteiger partial charge in [0.25, 0.3) is 0 Å². The van der Waals surface area contributed by atoms with Crippen molar-refractivity contribution in [1.82, 2.24) is 9.78 Å². The van der Waals surface area contributed by atoms with Crippen LogP contribution in [-0.4, -0.2) is 14.8 Å². The molecule has 0 atom stereocenters. The van der Waals surface area contributed by atoms with Crippen LogP contribution in [0.1, 0.15) is 11.3 Å². The number of aryl methyl sites for hydroxylation is 2. The molecule has 18 heavy (non-hydrogen) atoms. The van der Waals surface area contributed by atoms with Gasteiger partial charge in [0.15, 0.2) is 11.6 Å². The number of thiocarbonyl (C=S) groups is 1. The molecule has 2 aromatic rings. The van der Waals surface area contributed by atoms with E-state index in [1.54, 1.807) is 26.1 Å². The second-order valence-electron chi connectivity index (χ2n) is 3.79. The van der Waals surface area contributed by atoms with E-state index >= 15 is 0 Å². The first-order chi connectivity index (χ1) is 8.50. The predicted octanol–water partition coefficient (Wildman–Crippen LogP) is 2.29. The van der Waals surface area contributed by atoms with Crippen LogP contribution < -0.4 is 10.5 Å². The molecule has 6 heteroatoms. The average molecular weight is 265 g/mol. The summed E-state index contributed by atoms with van der Waals surface area (Å²) in [6.07, 6.45) is 0. The van der Waals surface area contributed by atoms with Crippen LogP contribution in [-0.2, 0) is 7.05 Å². The molecule has 1 aromatic heterocycles. The molecule has 0 aliphatic rings. The highest BCUT2D eigenvalue weighted by molar-refractivity contribution is 7.80. The van der Waals surface area contributed by atoms with Gasteiger partial charge in [-0.25, -0.2) is 9.07 Å². The number of rotatable bonds is 3. The fourth-order valence-corrected chi connectivity index (χ4v) is 1.90. The van der Waals surface area contributed by atoms with Gasteiger partial charge < -0.3 is 10.5 Å². The fraction of sp³-hybridized carbons (Fsp3) is 0.167. The minimum atomic E-state index is -0.453. The van der Waals surface area contributed by atoms with Gasteiger partial charge in [0.1, 0.15) is 4.99 Å². The van der Waals surface area contributed by atoms with Gasteiger partial charge in [-0.15, -0.1) is 0 Å². The maximum absolute atomic E-state index is 13.5. The van der Waals surface area contributed by atoms with Crippen LogP contribution in [0.4, 0.5) is 4.39 Å². The molecular weight excluding hydrogens is 253 g/mol. The van der Waals surface area contributed by atoms with Crippen molar-refractivity contribution in [3.63, 3.8) is 0 Å². The zero-order valence-electron chi connectivity index (χ0n) is 9.98. The Morgan fingerprint density at radius 2 is 2.11 bits per heavy atom. The Bertz CT molecular complexity index is 609. The molecule has 0 radical (unpaired) electrons. The molecule has 0 saturated heterocycles. The van der Waals surface area contributed by atoms with E-state index in [9.17, 15) is 4.39 Å². The van der Waals surface area contributed by atoms with Crippen molar-refractivity contribution in [2.45, 2.75) is 6.92 Å². The maximum Gasteiger partial charge on any atom is 0.228 e. The number of hydrogen-bond acceptors (Lipinski definition) is 3. The number of aromatic nitrogens is 2. The molecule has 1 aromatic carbocycles. The third-order valence-electron chi connectivity index (χ3n) is 2.46. The highest BCUT2D eigenvalue weighted by atomic mass is 32.1. The van der Waals surface area contributed by atoms with Crippen LogP contribution in [0.5, 0.6) is 11.6 Å². The molecule has 0 unspecified atom stereocenters. The molecular formula is C12H12FN3OS. The third-order valence-corrected chi connectivity index (χ3v) is 2.66. The Hall–Kier alpha value is -1.95. The van der Waals surface area contributed by atoms with E-state index in [0.29, 0.717) is 17.1 Å². The molecule has 4 nitrogen and oxygen atoms in total. The highest BCUT2D eigenvalue weighted by Gasteiger charge is 2.18. The number of para-hydroxylation sites is 1. The van der Waals surface area contributed by atoms with Crippen LogP contribution in [0.3, 0.4) is 0 Å². The Morgan fingerprint density at radius 1 is 1.44 bits per heavy atom. The highest BCUT2D eigenvalue weighted by Crippen LogP contribution is 2.28. The molecule has 0 spiro atoms. The predicted molar refractivity (Wildman–Crippen MR) is 70.3 cm³/mol. The summed E-state index contributed by atoms with van der Waals surface area (Å²) >= 11 is 4.95. The quantitative estimate of drug-likeness (QED) is 0.865. The number of ether oxygens (including phenoxy) is 1.